The van der Waals surface area contributed by atoms with E-state index in [1.54, 1.807) is 11.9 Å². The number of hydrogen-bond acceptors (Lipinski definition) is 7. The highest BCUT2D eigenvalue weighted by Gasteiger charge is 2.37. The van der Waals surface area contributed by atoms with Crippen LogP contribution in [0.1, 0.15) is 10.4 Å². The van der Waals surface area contributed by atoms with Gasteiger partial charge < -0.3 is 24.4 Å². The first-order valence-corrected chi connectivity index (χ1v) is 7.00. The van der Waals surface area contributed by atoms with E-state index in [-0.39, 0.29) is 12.5 Å². The average Bonchev–Trinajstić information content (AvgIpc) is 2.54. The molecular weight excluding hydrogens is 288 g/mol. The van der Waals surface area contributed by atoms with Gasteiger partial charge in [-0.2, -0.15) is 0 Å². The molecule has 1 fully saturated rings. The number of carbonyl (C=O) groups is 1. The zero-order valence-corrected chi connectivity index (χ0v) is 13.3. The largest absolute Gasteiger partial charge is 0.388 e. The van der Waals surface area contributed by atoms with Crippen LogP contribution in [0.15, 0.2) is 12.4 Å². The summed E-state index contributed by atoms with van der Waals surface area (Å²) in [6.07, 6.45) is 1.71. The number of methoxy groups -OCH3 is 1. The van der Waals surface area contributed by atoms with Crippen molar-refractivity contribution in [3.05, 3.63) is 18.0 Å². The van der Waals surface area contributed by atoms with Crippen LogP contribution in [-0.4, -0.2) is 85.6 Å². The van der Waals surface area contributed by atoms with E-state index in [1.807, 2.05) is 14.1 Å². The van der Waals surface area contributed by atoms with E-state index in [1.165, 1.54) is 24.4 Å². The van der Waals surface area contributed by atoms with Gasteiger partial charge in [-0.15, -0.1) is 0 Å². The SMILES string of the molecule is CO[C@@H]1COC[C@@H](N(C)C(=O)c2cnc(N(C)C)nc2)[C@@H]1O. The standard InChI is InChI=1S/C14H22N4O4/c1-17(2)14-15-5-9(6-16-14)13(20)18(3)10-7-22-8-11(21-4)12(10)19/h5-6,10-12,19H,7-8H2,1-4H3/t10-,11-,12+/m1/s1. The second kappa shape index (κ2) is 6.99. The number of aliphatic hydroxyl groups excluding tert-OH is 1. The maximum atomic E-state index is 12.5. The fourth-order valence-electron chi connectivity index (χ4n) is 2.32. The minimum atomic E-state index is -0.797. The second-order valence-corrected chi connectivity index (χ2v) is 5.45. The van der Waals surface area contributed by atoms with Crippen LogP contribution in [0.3, 0.4) is 0 Å². The number of anilines is 1. The van der Waals surface area contributed by atoms with Crippen LogP contribution in [0.25, 0.3) is 0 Å². The molecule has 122 valence electrons. The molecular formula is C14H22N4O4. The summed E-state index contributed by atoms with van der Waals surface area (Å²) in [6, 6.07) is -0.472. The minimum Gasteiger partial charge on any atom is -0.388 e. The summed E-state index contributed by atoms with van der Waals surface area (Å²) in [7, 11) is 6.78. The number of amides is 1. The molecule has 1 aromatic heterocycles. The van der Waals surface area contributed by atoms with Crippen molar-refractivity contribution >= 4 is 11.9 Å². The summed E-state index contributed by atoms with van der Waals surface area (Å²) in [5, 5.41) is 10.3. The van der Waals surface area contributed by atoms with Crippen LogP contribution >= 0.6 is 0 Å². The van der Waals surface area contributed by atoms with Crippen LogP contribution in [-0.2, 0) is 9.47 Å². The Bertz CT molecular complexity index is 508. The quantitative estimate of drug-likeness (QED) is 0.793. The van der Waals surface area contributed by atoms with Crippen LogP contribution in [0.4, 0.5) is 5.95 Å². The molecule has 2 heterocycles. The van der Waals surface area contributed by atoms with Crippen molar-refractivity contribution < 1.29 is 19.4 Å². The van der Waals surface area contributed by atoms with Crippen LogP contribution in [0, 0.1) is 0 Å². The molecule has 2 rings (SSSR count). The maximum absolute atomic E-state index is 12.5. The molecule has 0 bridgehead atoms. The van der Waals surface area contributed by atoms with Gasteiger partial charge in [0, 0.05) is 40.6 Å². The van der Waals surface area contributed by atoms with Gasteiger partial charge in [-0.25, -0.2) is 9.97 Å². The molecule has 3 atom stereocenters. The Balaban J connectivity index is 2.11. The first-order chi connectivity index (χ1) is 10.5. The highest BCUT2D eigenvalue weighted by molar-refractivity contribution is 5.93. The highest BCUT2D eigenvalue weighted by atomic mass is 16.5. The molecule has 0 aliphatic carbocycles. The lowest BCUT2D eigenvalue weighted by molar-refractivity contribution is -0.135. The molecule has 8 nitrogen and oxygen atoms in total. The van der Waals surface area contributed by atoms with Gasteiger partial charge in [-0.1, -0.05) is 0 Å². The van der Waals surface area contributed by atoms with Crippen molar-refractivity contribution in [3.63, 3.8) is 0 Å². The van der Waals surface area contributed by atoms with Crippen molar-refractivity contribution in [1.82, 2.24) is 14.9 Å². The van der Waals surface area contributed by atoms with Crippen molar-refractivity contribution in [2.75, 3.05) is 46.4 Å². The Labute approximate surface area is 129 Å². The summed E-state index contributed by atoms with van der Waals surface area (Å²) in [5.74, 6) is 0.259. The topological polar surface area (TPSA) is 88.0 Å². The Morgan fingerprint density at radius 3 is 2.50 bits per heavy atom. The number of ether oxygens (including phenoxy) is 2. The first-order valence-electron chi connectivity index (χ1n) is 7.00. The van der Waals surface area contributed by atoms with E-state index < -0.39 is 18.2 Å². The van der Waals surface area contributed by atoms with Crippen LogP contribution in [0.2, 0.25) is 0 Å². The van der Waals surface area contributed by atoms with Gasteiger partial charge in [0.05, 0.1) is 24.8 Å². The highest BCUT2D eigenvalue weighted by Crippen LogP contribution is 2.18. The van der Waals surface area contributed by atoms with E-state index in [0.717, 1.165) is 0 Å². The van der Waals surface area contributed by atoms with Crippen molar-refractivity contribution in [2.45, 2.75) is 18.2 Å². The van der Waals surface area contributed by atoms with Crippen molar-refractivity contribution in [1.29, 1.82) is 0 Å². The number of nitrogens with zero attached hydrogens (tertiary/aromatic N) is 4. The third-order valence-corrected chi connectivity index (χ3v) is 3.75. The Kier molecular flexibility index (Phi) is 5.28. The molecule has 1 saturated heterocycles. The van der Waals surface area contributed by atoms with Gasteiger partial charge in [0.25, 0.3) is 5.91 Å². The van der Waals surface area contributed by atoms with Crippen molar-refractivity contribution in [2.24, 2.45) is 0 Å². The Morgan fingerprint density at radius 1 is 1.32 bits per heavy atom. The van der Waals surface area contributed by atoms with E-state index in [2.05, 4.69) is 9.97 Å². The van der Waals surface area contributed by atoms with E-state index in [4.69, 9.17) is 9.47 Å². The summed E-state index contributed by atoms with van der Waals surface area (Å²) in [6.45, 7) is 0.580. The molecule has 0 unspecified atom stereocenters. The number of aromatic nitrogens is 2. The molecule has 1 N–H and O–H groups in total. The number of likely N-dealkylation sites (N-methyl/N-ethyl adjacent to an activating group) is 1. The molecule has 0 saturated carbocycles. The summed E-state index contributed by atoms with van der Waals surface area (Å²) < 4.78 is 10.6. The van der Waals surface area contributed by atoms with Gasteiger partial charge in [0.15, 0.2) is 0 Å². The molecule has 1 aromatic rings. The predicted octanol–water partition coefficient (Wildman–Crippen LogP) is -0.611. The zero-order chi connectivity index (χ0) is 16.3. The zero-order valence-electron chi connectivity index (χ0n) is 13.3. The molecule has 1 amide bonds. The maximum Gasteiger partial charge on any atom is 0.257 e. The second-order valence-electron chi connectivity index (χ2n) is 5.45. The minimum absolute atomic E-state index is 0.264. The smallest absolute Gasteiger partial charge is 0.257 e. The molecule has 1 aliphatic rings. The summed E-state index contributed by atoms with van der Waals surface area (Å²) in [4.78, 5) is 23.9. The van der Waals surface area contributed by atoms with E-state index >= 15 is 0 Å². The third kappa shape index (κ3) is 3.34. The number of rotatable bonds is 4. The van der Waals surface area contributed by atoms with Gasteiger partial charge in [-0.05, 0) is 0 Å². The Hall–Kier alpha value is -1.77. The number of carbonyl (C=O) groups excluding carboxylic acids is 1. The third-order valence-electron chi connectivity index (χ3n) is 3.75. The summed E-state index contributed by atoms with van der Waals surface area (Å²) in [5.41, 5.74) is 0.361. The molecule has 0 spiro atoms. The van der Waals surface area contributed by atoms with Crippen LogP contribution < -0.4 is 4.90 Å². The number of hydrogen-bond donors (Lipinski definition) is 1. The molecule has 0 radical (unpaired) electrons. The van der Waals surface area contributed by atoms with E-state index in [0.29, 0.717) is 18.1 Å². The first kappa shape index (κ1) is 16.6. The normalized spacial score (nSPS) is 24.9. The fourth-order valence-corrected chi connectivity index (χ4v) is 2.32. The molecule has 22 heavy (non-hydrogen) atoms. The number of aliphatic hydroxyl groups is 1. The molecule has 8 heteroatoms. The fraction of sp³-hybridized carbons (Fsp3) is 0.643. The monoisotopic (exact) mass is 310 g/mol. The predicted molar refractivity (Wildman–Crippen MR) is 79.9 cm³/mol. The van der Waals surface area contributed by atoms with E-state index in [9.17, 15) is 9.90 Å². The van der Waals surface area contributed by atoms with Gasteiger partial charge in [0.1, 0.15) is 12.2 Å². The Morgan fingerprint density at radius 2 is 1.95 bits per heavy atom. The van der Waals surface area contributed by atoms with Crippen LogP contribution in [0.5, 0.6) is 0 Å². The average molecular weight is 310 g/mol. The lowest BCUT2D eigenvalue weighted by atomic mass is 10.0. The van der Waals surface area contributed by atoms with Gasteiger partial charge in [0.2, 0.25) is 5.95 Å². The molecule has 0 aromatic carbocycles. The summed E-state index contributed by atoms with van der Waals surface area (Å²) >= 11 is 0. The van der Waals surface area contributed by atoms with Gasteiger partial charge in [-0.3, -0.25) is 4.79 Å². The van der Waals surface area contributed by atoms with Gasteiger partial charge >= 0.3 is 0 Å². The molecule has 1 aliphatic heterocycles. The van der Waals surface area contributed by atoms with Crippen molar-refractivity contribution in [3.8, 4) is 0 Å². The lowest BCUT2D eigenvalue weighted by Crippen LogP contribution is -2.56. The lowest BCUT2D eigenvalue weighted by Gasteiger charge is -2.38.